The van der Waals surface area contributed by atoms with Crippen molar-refractivity contribution in [2.24, 2.45) is 5.92 Å². The van der Waals surface area contributed by atoms with Gasteiger partial charge < -0.3 is 10.2 Å². The van der Waals surface area contributed by atoms with Gasteiger partial charge in [-0.25, -0.2) is 0 Å². The summed E-state index contributed by atoms with van der Waals surface area (Å²) < 4.78 is -1.51. The summed E-state index contributed by atoms with van der Waals surface area (Å²) in [6, 6.07) is 0. The lowest BCUT2D eigenvalue weighted by Crippen LogP contribution is -2.40. The Morgan fingerprint density at radius 1 is 1.45 bits per heavy atom. The molecule has 0 radical (unpaired) electrons. The van der Waals surface area contributed by atoms with Gasteiger partial charge in [0.2, 0.25) is 0 Å². The van der Waals surface area contributed by atoms with Crippen molar-refractivity contribution in [2.75, 3.05) is 0 Å². The molecule has 0 fully saturated rings. The highest BCUT2D eigenvalue weighted by atomic mass is 32.1. The van der Waals surface area contributed by atoms with Gasteiger partial charge in [-0.3, -0.25) is 9.59 Å². The monoisotopic (exact) mass is 178 g/mol. The first-order chi connectivity index (χ1) is 4.80. The first-order valence-electron chi connectivity index (χ1n) is 2.98. The molecule has 0 saturated carbocycles. The van der Waals surface area contributed by atoms with E-state index in [0.717, 1.165) is 0 Å². The van der Waals surface area contributed by atoms with Gasteiger partial charge in [-0.15, -0.1) is 0 Å². The van der Waals surface area contributed by atoms with E-state index in [1.54, 1.807) is 0 Å². The molecule has 2 N–H and O–H groups in total. The Morgan fingerprint density at radius 2 is 1.82 bits per heavy atom. The number of aliphatic carboxylic acids is 2. The molecule has 0 aliphatic heterocycles. The fourth-order valence-corrected chi connectivity index (χ4v) is 0.536. The highest BCUT2D eigenvalue weighted by Gasteiger charge is 2.39. The maximum atomic E-state index is 10.4. The lowest BCUT2D eigenvalue weighted by Gasteiger charge is -2.21. The Kier molecular flexibility index (Phi) is 2.92. The minimum Gasteiger partial charge on any atom is -0.481 e. The van der Waals surface area contributed by atoms with Gasteiger partial charge in [-0.1, -0.05) is 0 Å². The van der Waals surface area contributed by atoms with E-state index in [1.165, 1.54) is 13.8 Å². The van der Waals surface area contributed by atoms with Crippen molar-refractivity contribution in [3.8, 4) is 0 Å². The molecule has 5 heteroatoms. The molecule has 2 unspecified atom stereocenters. The minimum absolute atomic E-state index is 1.01. The molecule has 0 aromatic carbocycles. The molecular formula is C6H10O4S. The van der Waals surface area contributed by atoms with Crippen LogP contribution in [0, 0.1) is 5.92 Å². The summed E-state index contributed by atoms with van der Waals surface area (Å²) in [5.74, 6) is -3.40. The van der Waals surface area contributed by atoms with Gasteiger partial charge in [0.1, 0.15) is 4.75 Å². The smallest absolute Gasteiger partial charge is 0.320 e. The normalized spacial score (nSPS) is 18.5. The highest BCUT2D eigenvalue weighted by molar-refractivity contribution is 7.82. The van der Waals surface area contributed by atoms with Crippen LogP contribution in [0.4, 0.5) is 0 Å². The van der Waals surface area contributed by atoms with E-state index in [1.807, 2.05) is 0 Å². The molecule has 0 aromatic rings. The second-order valence-electron chi connectivity index (χ2n) is 2.51. The molecule has 64 valence electrons. The van der Waals surface area contributed by atoms with Gasteiger partial charge in [0.25, 0.3) is 0 Å². The maximum Gasteiger partial charge on any atom is 0.320 e. The molecular weight excluding hydrogens is 168 g/mol. The molecule has 4 nitrogen and oxygen atoms in total. The minimum atomic E-state index is -1.51. The van der Waals surface area contributed by atoms with Gasteiger partial charge in [-0.2, -0.15) is 12.6 Å². The van der Waals surface area contributed by atoms with Crippen LogP contribution in [0.2, 0.25) is 0 Å². The number of carboxylic acids is 2. The average molecular weight is 178 g/mol. The van der Waals surface area contributed by atoms with Crippen LogP contribution in [0.3, 0.4) is 0 Å². The molecule has 0 aliphatic carbocycles. The van der Waals surface area contributed by atoms with Crippen molar-refractivity contribution in [2.45, 2.75) is 18.6 Å². The average Bonchev–Trinajstić information content (AvgIpc) is 1.85. The van der Waals surface area contributed by atoms with Gasteiger partial charge >= 0.3 is 11.9 Å². The maximum absolute atomic E-state index is 10.4. The van der Waals surface area contributed by atoms with E-state index in [-0.39, 0.29) is 0 Å². The molecule has 0 bridgehead atoms. The van der Waals surface area contributed by atoms with E-state index in [2.05, 4.69) is 12.6 Å². The summed E-state index contributed by atoms with van der Waals surface area (Å²) in [4.78, 5) is 20.8. The lowest BCUT2D eigenvalue weighted by molar-refractivity contribution is -0.150. The predicted molar refractivity (Wildman–Crippen MR) is 41.8 cm³/mol. The van der Waals surface area contributed by atoms with Crippen LogP contribution in [-0.2, 0) is 9.59 Å². The van der Waals surface area contributed by atoms with Gasteiger partial charge in [0.05, 0.1) is 5.92 Å². The summed E-state index contributed by atoms with van der Waals surface area (Å²) in [7, 11) is 0. The Hall–Kier alpha value is -0.710. The van der Waals surface area contributed by atoms with Gasteiger partial charge in [0.15, 0.2) is 0 Å². The summed E-state index contributed by atoms with van der Waals surface area (Å²) in [6.07, 6.45) is 0. The topological polar surface area (TPSA) is 74.6 Å². The van der Waals surface area contributed by atoms with E-state index >= 15 is 0 Å². The van der Waals surface area contributed by atoms with E-state index < -0.39 is 22.6 Å². The summed E-state index contributed by atoms with van der Waals surface area (Å²) in [5, 5.41) is 17.0. The SMILES string of the molecule is CC(C(=O)O)C(C)(S)C(=O)O. The van der Waals surface area contributed by atoms with Crippen LogP contribution in [-0.4, -0.2) is 26.9 Å². The molecule has 0 aliphatic rings. The zero-order valence-corrected chi connectivity index (χ0v) is 7.13. The number of hydrogen-bond acceptors (Lipinski definition) is 3. The van der Waals surface area contributed by atoms with Crippen LogP contribution in [0.25, 0.3) is 0 Å². The van der Waals surface area contributed by atoms with E-state index in [4.69, 9.17) is 10.2 Å². The Bertz CT molecular complexity index is 187. The van der Waals surface area contributed by atoms with E-state index in [0.29, 0.717) is 0 Å². The molecule has 0 amide bonds. The van der Waals surface area contributed by atoms with Crippen LogP contribution >= 0.6 is 12.6 Å². The highest BCUT2D eigenvalue weighted by Crippen LogP contribution is 2.24. The lowest BCUT2D eigenvalue weighted by atomic mass is 9.95. The fraction of sp³-hybridized carbons (Fsp3) is 0.667. The third-order valence-corrected chi connectivity index (χ3v) is 2.23. The number of carbonyl (C=O) groups is 2. The first-order valence-corrected chi connectivity index (χ1v) is 3.43. The number of thiol groups is 1. The van der Waals surface area contributed by atoms with Crippen molar-refractivity contribution in [3.63, 3.8) is 0 Å². The second kappa shape index (κ2) is 3.13. The first kappa shape index (κ1) is 10.3. The zero-order valence-electron chi connectivity index (χ0n) is 6.24. The van der Waals surface area contributed by atoms with Crippen LogP contribution < -0.4 is 0 Å². The van der Waals surface area contributed by atoms with Gasteiger partial charge in [-0.05, 0) is 13.8 Å². The predicted octanol–water partition coefficient (Wildman–Crippen LogP) is 0.480. The van der Waals surface area contributed by atoms with E-state index in [9.17, 15) is 9.59 Å². The van der Waals surface area contributed by atoms with Crippen molar-refractivity contribution in [3.05, 3.63) is 0 Å². The fourth-order valence-electron chi connectivity index (χ4n) is 0.426. The molecule has 0 aromatic heterocycles. The van der Waals surface area contributed by atoms with Crippen LogP contribution in [0.15, 0.2) is 0 Å². The van der Waals surface area contributed by atoms with Crippen molar-refractivity contribution < 1.29 is 19.8 Å². The van der Waals surface area contributed by atoms with Crippen LogP contribution in [0.5, 0.6) is 0 Å². The summed E-state index contributed by atoms with van der Waals surface area (Å²) in [6.45, 7) is 2.57. The third kappa shape index (κ3) is 2.11. The molecule has 0 heterocycles. The Balaban J connectivity index is 4.55. The quantitative estimate of drug-likeness (QED) is 0.549. The Labute approximate surface area is 69.6 Å². The molecule has 0 spiro atoms. The molecule has 11 heavy (non-hydrogen) atoms. The Morgan fingerprint density at radius 3 is 1.91 bits per heavy atom. The van der Waals surface area contributed by atoms with Crippen molar-refractivity contribution >= 4 is 24.6 Å². The number of carboxylic acid groups (broad SMARTS) is 2. The largest absolute Gasteiger partial charge is 0.481 e. The van der Waals surface area contributed by atoms with Crippen molar-refractivity contribution in [1.82, 2.24) is 0 Å². The molecule has 0 saturated heterocycles. The second-order valence-corrected chi connectivity index (χ2v) is 3.44. The van der Waals surface area contributed by atoms with Crippen molar-refractivity contribution in [1.29, 1.82) is 0 Å². The number of rotatable bonds is 3. The third-order valence-electron chi connectivity index (χ3n) is 1.65. The summed E-state index contributed by atoms with van der Waals surface area (Å²) >= 11 is 3.74. The van der Waals surface area contributed by atoms with Crippen LogP contribution in [0.1, 0.15) is 13.8 Å². The standard InChI is InChI=1S/C6H10O4S/c1-3(4(7)8)6(2,11)5(9)10/h3,11H,1-2H3,(H,7,8)(H,9,10). The number of hydrogen-bond donors (Lipinski definition) is 3. The summed E-state index contributed by atoms with van der Waals surface area (Å²) in [5.41, 5.74) is 0. The van der Waals surface area contributed by atoms with Gasteiger partial charge in [0, 0.05) is 0 Å². The molecule has 0 rings (SSSR count). The zero-order chi connectivity index (χ0) is 9.23. The molecule has 2 atom stereocenters.